The number of hydrogen-bond acceptors (Lipinski definition) is 6. The molecule has 1 aromatic heterocycles. The number of fused-ring (bicyclic) bond motifs is 1. The van der Waals surface area contributed by atoms with E-state index < -0.39 is 17.7 Å². The lowest BCUT2D eigenvalue weighted by atomic mass is 9.85. The molecular formula is C33H34N2O4S. The molecule has 6 nitrogen and oxygen atoms in total. The van der Waals surface area contributed by atoms with E-state index in [0.29, 0.717) is 23.1 Å². The molecule has 2 heterocycles. The smallest absolute Gasteiger partial charge is 0.301 e. The lowest BCUT2D eigenvalue weighted by Crippen LogP contribution is -2.29. The van der Waals surface area contributed by atoms with Crippen molar-refractivity contribution in [2.24, 2.45) is 0 Å². The minimum absolute atomic E-state index is 0.0457. The fraction of sp³-hybridized carbons (Fsp3) is 0.303. The molecule has 1 unspecified atom stereocenters. The molecule has 0 spiro atoms. The molecule has 0 aliphatic carbocycles. The number of para-hydroxylation sites is 1. The third-order valence-corrected chi connectivity index (χ3v) is 8.21. The molecule has 1 N–H and O–H groups in total. The van der Waals surface area contributed by atoms with Gasteiger partial charge in [-0.25, -0.2) is 4.98 Å². The van der Waals surface area contributed by atoms with Gasteiger partial charge in [0.2, 0.25) is 0 Å². The molecule has 5 rings (SSSR count). The van der Waals surface area contributed by atoms with E-state index in [0.717, 1.165) is 40.6 Å². The highest BCUT2D eigenvalue weighted by Crippen LogP contribution is 2.44. The number of thiazole rings is 1. The molecule has 1 aliphatic rings. The largest absolute Gasteiger partial charge is 0.507 e. The van der Waals surface area contributed by atoms with Gasteiger partial charge in [-0.05, 0) is 59.4 Å². The number of amides is 1. The van der Waals surface area contributed by atoms with Gasteiger partial charge in [-0.2, -0.15) is 0 Å². The first-order chi connectivity index (χ1) is 19.2. The van der Waals surface area contributed by atoms with Gasteiger partial charge in [0.15, 0.2) is 5.13 Å². The molecule has 0 bridgehead atoms. The van der Waals surface area contributed by atoms with E-state index in [2.05, 4.69) is 32.7 Å². The van der Waals surface area contributed by atoms with Crippen LogP contribution in [-0.2, 0) is 15.0 Å². The van der Waals surface area contributed by atoms with Crippen molar-refractivity contribution < 1.29 is 19.4 Å². The molecule has 1 atom stereocenters. The first-order valence-corrected chi connectivity index (χ1v) is 14.5. The number of aromatic nitrogens is 1. The Morgan fingerprint density at radius 2 is 1.68 bits per heavy atom. The zero-order valence-electron chi connectivity index (χ0n) is 23.3. The summed E-state index contributed by atoms with van der Waals surface area (Å²) in [5.41, 5.74) is 3.03. The Balaban J connectivity index is 1.58. The quantitative estimate of drug-likeness (QED) is 0.104. The number of ketones is 1. The molecule has 1 aliphatic heterocycles. The third-order valence-electron chi connectivity index (χ3n) is 7.17. The van der Waals surface area contributed by atoms with Crippen LogP contribution in [0.5, 0.6) is 5.75 Å². The predicted octanol–water partition coefficient (Wildman–Crippen LogP) is 7.79. The van der Waals surface area contributed by atoms with Crippen molar-refractivity contribution in [2.75, 3.05) is 11.5 Å². The van der Waals surface area contributed by atoms with Crippen molar-refractivity contribution in [2.45, 2.75) is 58.4 Å². The zero-order valence-corrected chi connectivity index (χ0v) is 24.1. The fourth-order valence-corrected chi connectivity index (χ4v) is 5.87. The Labute approximate surface area is 238 Å². The lowest BCUT2D eigenvalue weighted by Gasteiger charge is -2.24. The Hall–Kier alpha value is -3.97. The Bertz CT molecular complexity index is 1530. The summed E-state index contributed by atoms with van der Waals surface area (Å²) in [4.78, 5) is 33.2. The number of aliphatic hydroxyl groups is 1. The summed E-state index contributed by atoms with van der Waals surface area (Å²) in [5.74, 6) is -0.968. The van der Waals surface area contributed by atoms with E-state index in [1.807, 2.05) is 48.5 Å². The van der Waals surface area contributed by atoms with Crippen LogP contribution in [0.25, 0.3) is 16.0 Å². The molecule has 7 heteroatoms. The highest BCUT2D eigenvalue weighted by Gasteiger charge is 2.48. The van der Waals surface area contributed by atoms with Gasteiger partial charge >= 0.3 is 5.91 Å². The van der Waals surface area contributed by atoms with Gasteiger partial charge in [0.25, 0.3) is 5.78 Å². The molecule has 1 saturated heterocycles. The molecule has 4 aromatic rings. The molecule has 40 heavy (non-hydrogen) atoms. The third kappa shape index (κ3) is 5.39. The van der Waals surface area contributed by atoms with Crippen molar-refractivity contribution in [1.82, 2.24) is 4.98 Å². The molecule has 0 saturated carbocycles. The van der Waals surface area contributed by atoms with E-state index >= 15 is 0 Å². The van der Waals surface area contributed by atoms with Crippen LogP contribution in [0.2, 0.25) is 0 Å². The number of carbonyl (C=O) groups is 2. The number of unbranched alkanes of at least 4 members (excludes halogenated alkanes) is 2. The van der Waals surface area contributed by atoms with Gasteiger partial charge < -0.3 is 9.84 Å². The SMILES string of the molecule is CCCCCOc1ccc(/C(O)=C2\C(=O)C(=O)N(c3nc4ccccc4s3)C2c2ccc(C(C)(C)C)cc2)cc1. The average molecular weight is 555 g/mol. The van der Waals surface area contributed by atoms with Gasteiger partial charge in [0.1, 0.15) is 11.5 Å². The number of nitrogens with zero attached hydrogens (tertiary/aromatic N) is 2. The van der Waals surface area contributed by atoms with Crippen LogP contribution in [0.3, 0.4) is 0 Å². The summed E-state index contributed by atoms with van der Waals surface area (Å²) in [6.45, 7) is 9.16. The number of benzene rings is 3. The normalized spacial score (nSPS) is 17.1. The first-order valence-electron chi connectivity index (χ1n) is 13.7. The number of anilines is 1. The summed E-state index contributed by atoms with van der Waals surface area (Å²) in [6.07, 6.45) is 3.19. The van der Waals surface area contributed by atoms with Crippen LogP contribution in [0, 0.1) is 0 Å². The van der Waals surface area contributed by atoms with E-state index in [1.54, 1.807) is 24.3 Å². The number of Topliss-reactive ketones (excluding diaryl/α,β-unsaturated/α-hetero) is 1. The van der Waals surface area contributed by atoms with Gasteiger partial charge in [-0.15, -0.1) is 0 Å². The van der Waals surface area contributed by atoms with Crippen molar-refractivity contribution >= 4 is 44.1 Å². The summed E-state index contributed by atoms with van der Waals surface area (Å²) in [5, 5.41) is 11.9. The van der Waals surface area contributed by atoms with Crippen LogP contribution in [-0.4, -0.2) is 28.4 Å². The van der Waals surface area contributed by atoms with Gasteiger partial charge in [-0.1, -0.05) is 88.3 Å². The number of aliphatic hydroxyl groups excluding tert-OH is 1. The van der Waals surface area contributed by atoms with E-state index in [1.165, 1.54) is 16.2 Å². The standard InChI is InChI=1S/C33H34N2O4S/c1-5-6-9-20-39-24-18-14-22(15-19-24)29(36)27-28(21-12-16-23(17-13-21)33(2,3)4)35(31(38)30(27)37)32-34-25-10-7-8-11-26(25)40-32/h7-8,10-19,28,36H,5-6,9,20H2,1-4H3/b29-27+. The Morgan fingerprint density at radius 3 is 2.33 bits per heavy atom. The van der Waals surface area contributed by atoms with Gasteiger partial charge in [0, 0.05) is 5.56 Å². The molecule has 3 aromatic carbocycles. The summed E-state index contributed by atoms with van der Waals surface area (Å²) < 4.78 is 6.72. The second-order valence-electron chi connectivity index (χ2n) is 11.1. The van der Waals surface area contributed by atoms with Crippen molar-refractivity contribution in [1.29, 1.82) is 0 Å². The number of hydrogen-bond donors (Lipinski definition) is 1. The second-order valence-corrected chi connectivity index (χ2v) is 12.1. The van der Waals surface area contributed by atoms with Crippen LogP contribution in [0.4, 0.5) is 5.13 Å². The van der Waals surface area contributed by atoms with Gasteiger partial charge in [-0.3, -0.25) is 14.5 Å². The van der Waals surface area contributed by atoms with E-state index in [4.69, 9.17) is 4.74 Å². The Morgan fingerprint density at radius 1 is 0.975 bits per heavy atom. The van der Waals surface area contributed by atoms with Crippen LogP contribution < -0.4 is 9.64 Å². The molecular weight excluding hydrogens is 520 g/mol. The highest BCUT2D eigenvalue weighted by atomic mass is 32.1. The van der Waals surface area contributed by atoms with Crippen molar-refractivity contribution in [3.63, 3.8) is 0 Å². The average Bonchev–Trinajstić information content (AvgIpc) is 3.49. The number of ether oxygens (including phenoxy) is 1. The maximum atomic E-state index is 13.5. The maximum Gasteiger partial charge on any atom is 0.301 e. The van der Waals surface area contributed by atoms with Crippen LogP contribution in [0.15, 0.2) is 78.4 Å². The number of rotatable bonds is 8. The highest BCUT2D eigenvalue weighted by molar-refractivity contribution is 7.22. The summed E-state index contributed by atoms with van der Waals surface area (Å²) in [7, 11) is 0. The fourth-order valence-electron chi connectivity index (χ4n) is 4.88. The zero-order chi connectivity index (χ0) is 28.4. The second kappa shape index (κ2) is 11.3. The van der Waals surface area contributed by atoms with Crippen LogP contribution in [0.1, 0.15) is 69.7 Å². The monoisotopic (exact) mass is 554 g/mol. The minimum atomic E-state index is -0.820. The minimum Gasteiger partial charge on any atom is -0.507 e. The summed E-state index contributed by atoms with van der Waals surface area (Å²) >= 11 is 1.35. The molecule has 0 radical (unpaired) electrons. The lowest BCUT2D eigenvalue weighted by molar-refractivity contribution is -0.132. The van der Waals surface area contributed by atoms with Crippen molar-refractivity contribution in [3.05, 3.63) is 95.1 Å². The predicted molar refractivity (Wildman–Crippen MR) is 161 cm³/mol. The van der Waals surface area contributed by atoms with E-state index in [9.17, 15) is 14.7 Å². The summed E-state index contributed by atoms with van der Waals surface area (Å²) in [6, 6.07) is 21.7. The Kier molecular flexibility index (Phi) is 7.76. The van der Waals surface area contributed by atoms with E-state index in [-0.39, 0.29) is 16.7 Å². The maximum absolute atomic E-state index is 13.5. The number of carbonyl (C=O) groups excluding carboxylic acids is 2. The van der Waals surface area contributed by atoms with Crippen molar-refractivity contribution in [3.8, 4) is 5.75 Å². The topological polar surface area (TPSA) is 79.7 Å². The molecule has 1 amide bonds. The first kappa shape index (κ1) is 27.6. The van der Waals surface area contributed by atoms with Gasteiger partial charge in [0.05, 0.1) is 28.4 Å². The van der Waals surface area contributed by atoms with Crippen LogP contribution >= 0.6 is 11.3 Å². The molecule has 1 fully saturated rings. The molecule has 206 valence electrons.